The van der Waals surface area contributed by atoms with Crippen molar-refractivity contribution in [2.75, 3.05) is 6.54 Å². The standard InChI is InChI=1S/C19H24N4O2.ClH/c20-15-10-9-14(12-15)19(24)23-11-5-4-8-16(23)18-21-17(22-25-18)13-6-2-1-3-7-13;/h1-3,6-7,14-16H,4-5,8-12,20H2;1H. The van der Waals surface area contributed by atoms with Crippen LogP contribution in [0.4, 0.5) is 0 Å². The molecule has 0 radical (unpaired) electrons. The Morgan fingerprint density at radius 2 is 1.96 bits per heavy atom. The third-order valence-corrected chi connectivity index (χ3v) is 5.37. The van der Waals surface area contributed by atoms with Crippen LogP contribution < -0.4 is 5.73 Å². The van der Waals surface area contributed by atoms with Gasteiger partial charge >= 0.3 is 0 Å². The third kappa shape index (κ3) is 3.76. The van der Waals surface area contributed by atoms with Crippen molar-refractivity contribution in [3.05, 3.63) is 36.2 Å². The molecule has 2 fully saturated rings. The van der Waals surface area contributed by atoms with E-state index in [1.54, 1.807) is 0 Å². The monoisotopic (exact) mass is 376 g/mol. The number of piperidine rings is 1. The molecule has 6 nitrogen and oxygen atoms in total. The normalized spacial score (nSPS) is 25.7. The van der Waals surface area contributed by atoms with Crippen LogP contribution >= 0.6 is 12.4 Å². The van der Waals surface area contributed by atoms with E-state index in [0.717, 1.165) is 50.6 Å². The number of rotatable bonds is 3. The summed E-state index contributed by atoms with van der Waals surface area (Å²) in [5, 5.41) is 4.12. The molecule has 1 aliphatic heterocycles. The van der Waals surface area contributed by atoms with Crippen molar-refractivity contribution >= 4 is 18.3 Å². The lowest BCUT2D eigenvalue weighted by Gasteiger charge is -2.35. The Morgan fingerprint density at radius 3 is 2.69 bits per heavy atom. The van der Waals surface area contributed by atoms with Crippen LogP contribution in [0.25, 0.3) is 11.4 Å². The molecule has 2 aliphatic rings. The smallest absolute Gasteiger partial charge is 0.249 e. The van der Waals surface area contributed by atoms with E-state index in [2.05, 4.69) is 10.1 Å². The van der Waals surface area contributed by atoms with E-state index in [-0.39, 0.29) is 36.3 Å². The van der Waals surface area contributed by atoms with Gasteiger partial charge in [-0.15, -0.1) is 12.4 Å². The minimum absolute atomic E-state index is 0. The van der Waals surface area contributed by atoms with Crippen molar-refractivity contribution in [1.82, 2.24) is 15.0 Å². The number of carbonyl (C=O) groups is 1. The van der Waals surface area contributed by atoms with Gasteiger partial charge in [-0.1, -0.05) is 35.5 Å². The van der Waals surface area contributed by atoms with Gasteiger partial charge in [-0.2, -0.15) is 4.98 Å². The predicted molar refractivity (Wildman–Crippen MR) is 101 cm³/mol. The Bertz CT molecular complexity index is 736. The number of benzene rings is 1. The summed E-state index contributed by atoms with van der Waals surface area (Å²) < 4.78 is 5.54. The largest absolute Gasteiger partial charge is 0.337 e. The number of amides is 1. The Labute approximate surface area is 159 Å². The molecule has 0 spiro atoms. The molecule has 1 aromatic carbocycles. The number of aromatic nitrogens is 2. The fourth-order valence-corrected chi connectivity index (χ4v) is 4.00. The van der Waals surface area contributed by atoms with Crippen LogP contribution in [0, 0.1) is 5.92 Å². The molecule has 1 aromatic heterocycles. The zero-order chi connectivity index (χ0) is 17.2. The van der Waals surface area contributed by atoms with Gasteiger partial charge in [-0.3, -0.25) is 4.79 Å². The van der Waals surface area contributed by atoms with Crippen LogP contribution in [0.5, 0.6) is 0 Å². The lowest BCUT2D eigenvalue weighted by molar-refractivity contribution is -0.140. The van der Waals surface area contributed by atoms with Gasteiger partial charge in [0.05, 0.1) is 0 Å². The van der Waals surface area contributed by atoms with Crippen LogP contribution in [0.3, 0.4) is 0 Å². The molecular weight excluding hydrogens is 352 g/mol. The quantitative estimate of drug-likeness (QED) is 0.887. The molecule has 1 amide bonds. The third-order valence-electron chi connectivity index (χ3n) is 5.37. The molecule has 2 heterocycles. The number of nitrogens with zero attached hydrogens (tertiary/aromatic N) is 3. The predicted octanol–water partition coefficient (Wildman–Crippen LogP) is 3.34. The minimum atomic E-state index is -0.108. The van der Waals surface area contributed by atoms with Crippen LogP contribution in [0.2, 0.25) is 0 Å². The maximum absolute atomic E-state index is 13.0. The summed E-state index contributed by atoms with van der Waals surface area (Å²) in [6.45, 7) is 0.762. The molecule has 26 heavy (non-hydrogen) atoms. The van der Waals surface area contributed by atoms with Gasteiger partial charge in [0.2, 0.25) is 17.6 Å². The van der Waals surface area contributed by atoms with E-state index in [4.69, 9.17) is 10.3 Å². The highest BCUT2D eigenvalue weighted by Gasteiger charge is 2.37. The first kappa shape index (κ1) is 18.9. The number of nitrogens with two attached hydrogens (primary N) is 1. The first-order valence-electron chi connectivity index (χ1n) is 9.17. The molecule has 1 saturated carbocycles. The van der Waals surface area contributed by atoms with Crippen LogP contribution in [-0.4, -0.2) is 33.5 Å². The number of halogens is 1. The number of hydrogen-bond donors (Lipinski definition) is 1. The summed E-state index contributed by atoms with van der Waals surface area (Å²) in [7, 11) is 0. The number of likely N-dealkylation sites (tertiary alicyclic amines) is 1. The zero-order valence-corrected chi connectivity index (χ0v) is 15.5. The fraction of sp³-hybridized carbons (Fsp3) is 0.526. The molecule has 4 rings (SSSR count). The van der Waals surface area contributed by atoms with Gasteiger partial charge in [-0.05, 0) is 38.5 Å². The second-order valence-electron chi connectivity index (χ2n) is 7.14. The van der Waals surface area contributed by atoms with Gasteiger partial charge < -0.3 is 15.2 Å². The van der Waals surface area contributed by atoms with Crippen LogP contribution in [0.15, 0.2) is 34.9 Å². The summed E-state index contributed by atoms with van der Waals surface area (Å²) in [5.74, 6) is 1.38. The van der Waals surface area contributed by atoms with Crippen molar-refractivity contribution in [2.45, 2.75) is 50.6 Å². The first-order valence-corrected chi connectivity index (χ1v) is 9.17. The summed E-state index contributed by atoms with van der Waals surface area (Å²) in [4.78, 5) is 19.5. The second kappa shape index (κ2) is 8.18. The van der Waals surface area contributed by atoms with E-state index in [1.165, 1.54) is 0 Å². The van der Waals surface area contributed by atoms with Gasteiger partial charge in [0, 0.05) is 24.1 Å². The average Bonchev–Trinajstić information content (AvgIpc) is 3.31. The maximum Gasteiger partial charge on any atom is 0.249 e. The Kier molecular flexibility index (Phi) is 5.94. The molecule has 0 bridgehead atoms. The molecule has 1 aliphatic carbocycles. The van der Waals surface area contributed by atoms with Gasteiger partial charge in [0.15, 0.2) is 0 Å². The lowest BCUT2D eigenvalue weighted by Crippen LogP contribution is -2.41. The minimum Gasteiger partial charge on any atom is -0.337 e. The van der Waals surface area contributed by atoms with Crippen molar-refractivity contribution in [2.24, 2.45) is 11.7 Å². The summed E-state index contributed by atoms with van der Waals surface area (Å²) in [5.41, 5.74) is 6.92. The van der Waals surface area contributed by atoms with Crippen LogP contribution in [0.1, 0.15) is 50.5 Å². The average molecular weight is 377 g/mol. The van der Waals surface area contributed by atoms with E-state index in [9.17, 15) is 4.79 Å². The summed E-state index contributed by atoms with van der Waals surface area (Å²) in [6.07, 6.45) is 5.60. The topological polar surface area (TPSA) is 85.3 Å². The summed E-state index contributed by atoms with van der Waals surface area (Å²) in [6, 6.07) is 9.82. The molecule has 3 atom stereocenters. The fourth-order valence-electron chi connectivity index (χ4n) is 4.00. The number of carbonyl (C=O) groups excluding carboxylic acids is 1. The molecule has 7 heteroatoms. The van der Waals surface area contributed by atoms with Gasteiger partial charge in [-0.25, -0.2) is 0 Å². The van der Waals surface area contributed by atoms with Crippen molar-refractivity contribution in [3.8, 4) is 11.4 Å². The van der Waals surface area contributed by atoms with E-state index in [0.29, 0.717) is 11.7 Å². The molecular formula is C19H25ClN4O2. The Morgan fingerprint density at radius 1 is 1.15 bits per heavy atom. The molecule has 1 saturated heterocycles. The molecule has 2 N–H and O–H groups in total. The lowest BCUT2D eigenvalue weighted by atomic mass is 9.98. The second-order valence-corrected chi connectivity index (χ2v) is 7.14. The highest BCUT2D eigenvalue weighted by Crippen LogP contribution is 2.35. The van der Waals surface area contributed by atoms with Crippen molar-refractivity contribution in [1.29, 1.82) is 0 Å². The Hall–Kier alpha value is -1.92. The summed E-state index contributed by atoms with van der Waals surface area (Å²) >= 11 is 0. The molecule has 140 valence electrons. The van der Waals surface area contributed by atoms with Crippen LogP contribution in [-0.2, 0) is 4.79 Å². The van der Waals surface area contributed by atoms with E-state index >= 15 is 0 Å². The first-order chi connectivity index (χ1) is 12.2. The highest BCUT2D eigenvalue weighted by atomic mass is 35.5. The van der Waals surface area contributed by atoms with E-state index in [1.807, 2.05) is 35.2 Å². The maximum atomic E-state index is 13.0. The molecule has 2 aromatic rings. The van der Waals surface area contributed by atoms with Gasteiger partial charge in [0.1, 0.15) is 6.04 Å². The van der Waals surface area contributed by atoms with Crippen molar-refractivity contribution in [3.63, 3.8) is 0 Å². The number of hydrogen-bond acceptors (Lipinski definition) is 5. The Balaban J connectivity index is 0.00000196. The van der Waals surface area contributed by atoms with Crippen molar-refractivity contribution < 1.29 is 9.32 Å². The molecule has 3 unspecified atom stereocenters. The van der Waals surface area contributed by atoms with Gasteiger partial charge in [0.25, 0.3) is 0 Å². The SMILES string of the molecule is Cl.NC1CCC(C(=O)N2CCCCC2c2nc(-c3ccccc3)no2)C1. The zero-order valence-electron chi connectivity index (χ0n) is 14.7. The highest BCUT2D eigenvalue weighted by molar-refractivity contribution is 5.85. The van der Waals surface area contributed by atoms with E-state index < -0.39 is 0 Å².